The van der Waals surface area contributed by atoms with E-state index in [4.69, 9.17) is 19.8 Å². The Hall–Kier alpha value is -3.73. The molecule has 11 heteroatoms. The van der Waals surface area contributed by atoms with E-state index in [1.807, 2.05) is 35.9 Å². The van der Waals surface area contributed by atoms with Crippen LogP contribution in [-0.2, 0) is 9.84 Å². The maximum absolute atomic E-state index is 11.9. The van der Waals surface area contributed by atoms with Crippen LogP contribution in [0, 0.1) is 12.8 Å². The molecule has 1 fully saturated rings. The van der Waals surface area contributed by atoms with E-state index in [1.165, 1.54) is 6.26 Å². The number of nitrogens with one attached hydrogen (secondary N) is 1. The molecule has 2 atom stereocenters. The average Bonchev–Trinajstić information content (AvgIpc) is 3.29. The van der Waals surface area contributed by atoms with Gasteiger partial charge in [-0.2, -0.15) is 5.10 Å². The molecular formula is C27H33N7O3S. The third-order valence-corrected chi connectivity index (χ3v) is 7.97. The molecule has 4 aromatic rings. The topological polar surface area (TPSA) is 115 Å². The van der Waals surface area contributed by atoms with E-state index >= 15 is 0 Å². The van der Waals surface area contributed by atoms with Crippen molar-refractivity contribution in [3.05, 3.63) is 48.5 Å². The van der Waals surface area contributed by atoms with Crippen LogP contribution in [0.25, 0.3) is 28.0 Å². The lowest BCUT2D eigenvalue weighted by molar-refractivity contribution is 0.341. The van der Waals surface area contributed by atoms with Crippen molar-refractivity contribution < 1.29 is 13.2 Å². The molecule has 0 spiro atoms. The molecule has 0 aliphatic carbocycles. The van der Waals surface area contributed by atoms with Crippen LogP contribution in [0.1, 0.15) is 26.5 Å². The molecule has 0 amide bonds. The van der Waals surface area contributed by atoms with Crippen molar-refractivity contribution in [2.75, 3.05) is 35.9 Å². The van der Waals surface area contributed by atoms with E-state index < -0.39 is 9.84 Å². The van der Waals surface area contributed by atoms with E-state index in [-0.39, 0.29) is 23.8 Å². The molecule has 10 nitrogen and oxygen atoms in total. The smallest absolute Gasteiger partial charge is 0.158 e. The summed E-state index contributed by atoms with van der Waals surface area (Å²) in [5, 5.41) is 9.03. The summed E-state index contributed by atoms with van der Waals surface area (Å²) in [6.07, 6.45) is 6.54. The second kappa shape index (κ2) is 9.86. The molecule has 1 saturated heterocycles. The number of rotatable bonds is 8. The van der Waals surface area contributed by atoms with Crippen LogP contribution in [0.5, 0.6) is 5.75 Å². The number of aryl methyl sites for hydroxylation is 1. The Morgan fingerprint density at radius 2 is 1.97 bits per heavy atom. The molecule has 200 valence electrons. The highest BCUT2D eigenvalue weighted by molar-refractivity contribution is 7.90. The first-order valence-electron chi connectivity index (χ1n) is 12.6. The summed E-state index contributed by atoms with van der Waals surface area (Å²) in [5.41, 5.74) is 4.21. The Kier molecular flexibility index (Phi) is 6.72. The van der Waals surface area contributed by atoms with Crippen molar-refractivity contribution in [3.8, 4) is 22.8 Å². The van der Waals surface area contributed by atoms with Gasteiger partial charge in [0, 0.05) is 72.1 Å². The van der Waals surface area contributed by atoms with Gasteiger partial charge in [0.1, 0.15) is 21.4 Å². The average molecular weight is 536 g/mol. The fraction of sp³-hybridized carbons (Fsp3) is 0.407. The minimum atomic E-state index is -3.04. The van der Waals surface area contributed by atoms with Gasteiger partial charge in [0.25, 0.3) is 0 Å². The van der Waals surface area contributed by atoms with Crippen molar-refractivity contribution in [2.24, 2.45) is 5.92 Å². The predicted octanol–water partition coefficient (Wildman–Crippen LogP) is 3.88. The lowest BCUT2D eigenvalue weighted by Crippen LogP contribution is -2.57. The standard InChI is InChI=1S/C27H33N7O3S/c1-16(2)30-26-9-20(33-14-19(18(33)4)15-38(6,35)36)10-27(32-26)34-24-11-23(31-17(3)21(24)13-29-34)22-12-28-8-7-25(22)37-5/h7-13,16,18-19H,14-15H2,1-6H3,(H,30,32)/t18-,19-/m1/s1. The van der Waals surface area contributed by atoms with Crippen molar-refractivity contribution >= 4 is 32.2 Å². The zero-order chi connectivity index (χ0) is 27.2. The summed E-state index contributed by atoms with van der Waals surface area (Å²) >= 11 is 0. The number of ether oxygens (including phenoxy) is 1. The van der Waals surface area contributed by atoms with Gasteiger partial charge < -0.3 is 15.0 Å². The molecule has 5 heterocycles. The van der Waals surface area contributed by atoms with Gasteiger partial charge in [-0.1, -0.05) is 0 Å². The first-order chi connectivity index (χ1) is 18.0. The lowest BCUT2D eigenvalue weighted by atomic mass is 9.91. The predicted molar refractivity (Wildman–Crippen MR) is 150 cm³/mol. The Morgan fingerprint density at radius 1 is 1.18 bits per heavy atom. The monoisotopic (exact) mass is 535 g/mol. The van der Waals surface area contributed by atoms with E-state index in [1.54, 1.807) is 25.7 Å². The Bertz CT molecular complexity index is 1600. The molecule has 0 saturated carbocycles. The summed E-state index contributed by atoms with van der Waals surface area (Å²) < 4.78 is 31.1. The van der Waals surface area contributed by atoms with Gasteiger partial charge in [0.15, 0.2) is 5.82 Å². The van der Waals surface area contributed by atoms with Crippen LogP contribution >= 0.6 is 0 Å². The van der Waals surface area contributed by atoms with Gasteiger partial charge in [-0.05, 0) is 39.8 Å². The molecular weight excluding hydrogens is 502 g/mol. The van der Waals surface area contributed by atoms with Gasteiger partial charge in [0.05, 0.1) is 35.8 Å². The van der Waals surface area contributed by atoms with Gasteiger partial charge in [-0.25, -0.2) is 18.1 Å². The first kappa shape index (κ1) is 25.9. The summed E-state index contributed by atoms with van der Waals surface area (Å²) in [6, 6.07) is 8.09. The molecule has 38 heavy (non-hydrogen) atoms. The third-order valence-electron chi connectivity index (χ3n) is 6.94. The van der Waals surface area contributed by atoms with E-state index in [9.17, 15) is 8.42 Å². The summed E-state index contributed by atoms with van der Waals surface area (Å²) in [5.74, 6) is 2.37. The van der Waals surface area contributed by atoms with Gasteiger partial charge in [-0.3, -0.25) is 9.97 Å². The number of aromatic nitrogens is 5. The number of methoxy groups -OCH3 is 1. The van der Waals surface area contributed by atoms with Gasteiger partial charge >= 0.3 is 0 Å². The lowest BCUT2D eigenvalue weighted by Gasteiger charge is -2.48. The second-order valence-electron chi connectivity index (χ2n) is 10.3. The molecule has 1 aliphatic heterocycles. The molecule has 0 unspecified atom stereocenters. The van der Waals surface area contributed by atoms with E-state index in [0.717, 1.165) is 39.4 Å². The fourth-order valence-corrected chi connectivity index (χ4v) is 6.17. The van der Waals surface area contributed by atoms with Crippen molar-refractivity contribution in [2.45, 2.75) is 39.8 Å². The molecule has 0 radical (unpaired) electrons. The second-order valence-corrected chi connectivity index (χ2v) is 12.5. The minimum Gasteiger partial charge on any atom is -0.496 e. The SMILES string of the molecule is COc1ccncc1-c1cc2c(cnn2-c2cc(N3C[C@H](CS(C)(=O)=O)[C@H]3C)cc(NC(C)C)n2)c(C)n1. The zero-order valence-electron chi connectivity index (χ0n) is 22.5. The normalized spacial score (nSPS) is 17.6. The number of hydrogen-bond donors (Lipinski definition) is 1. The first-order valence-corrected chi connectivity index (χ1v) is 14.7. The molecule has 5 rings (SSSR count). The van der Waals surface area contributed by atoms with Crippen LogP contribution in [-0.4, -0.2) is 70.9 Å². The molecule has 0 bridgehead atoms. The maximum atomic E-state index is 11.9. The minimum absolute atomic E-state index is 0.0948. The number of anilines is 2. The van der Waals surface area contributed by atoms with Crippen molar-refractivity contribution in [3.63, 3.8) is 0 Å². The molecule has 1 N–H and O–H groups in total. The van der Waals surface area contributed by atoms with E-state index in [0.29, 0.717) is 18.1 Å². The number of fused-ring (bicyclic) bond motifs is 1. The molecule has 1 aliphatic rings. The summed E-state index contributed by atoms with van der Waals surface area (Å²) in [4.78, 5) is 16.2. The van der Waals surface area contributed by atoms with Gasteiger partial charge in [-0.15, -0.1) is 0 Å². The Morgan fingerprint density at radius 3 is 2.66 bits per heavy atom. The van der Waals surface area contributed by atoms with Gasteiger partial charge in [0.2, 0.25) is 0 Å². The number of hydrogen-bond acceptors (Lipinski definition) is 9. The molecule has 0 aromatic carbocycles. The van der Waals surface area contributed by atoms with Crippen molar-refractivity contribution in [1.82, 2.24) is 24.7 Å². The Balaban J connectivity index is 1.59. The number of sulfone groups is 1. The largest absolute Gasteiger partial charge is 0.496 e. The van der Waals surface area contributed by atoms with Crippen LogP contribution in [0.15, 0.2) is 42.9 Å². The van der Waals surface area contributed by atoms with E-state index in [2.05, 4.69) is 36.0 Å². The quantitative estimate of drug-likeness (QED) is 0.359. The highest BCUT2D eigenvalue weighted by atomic mass is 32.2. The zero-order valence-corrected chi connectivity index (χ0v) is 23.3. The fourth-order valence-electron chi connectivity index (χ4n) is 5.01. The van der Waals surface area contributed by atoms with Crippen LogP contribution in [0.4, 0.5) is 11.5 Å². The Labute approximate surface area is 223 Å². The van der Waals surface area contributed by atoms with Crippen LogP contribution in [0.2, 0.25) is 0 Å². The number of pyridine rings is 3. The number of nitrogens with zero attached hydrogens (tertiary/aromatic N) is 6. The summed E-state index contributed by atoms with van der Waals surface area (Å²) in [7, 11) is -1.41. The highest BCUT2D eigenvalue weighted by Gasteiger charge is 2.38. The molecule has 4 aromatic heterocycles. The summed E-state index contributed by atoms with van der Waals surface area (Å²) in [6.45, 7) is 8.83. The maximum Gasteiger partial charge on any atom is 0.158 e. The van der Waals surface area contributed by atoms with Crippen molar-refractivity contribution in [1.29, 1.82) is 0 Å². The van der Waals surface area contributed by atoms with Crippen LogP contribution in [0.3, 0.4) is 0 Å². The highest BCUT2D eigenvalue weighted by Crippen LogP contribution is 2.35. The third kappa shape index (κ3) is 5.02. The van der Waals surface area contributed by atoms with Crippen LogP contribution < -0.4 is 15.0 Å².